The van der Waals surface area contributed by atoms with E-state index in [1.54, 1.807) is 32.0 Å². The first-order chi connectivity index (χ1) is 13.7. The number of rotatable bonds is 9. The fourth-order valence-corrected chi connectivity index (χ4v) is 2.23. The van der Waals surface area contributed by atoms with E-state index in [1.807, 2.05) is 0 Å². The standard InChI is InChI=1S/C20H22F2N4O3/c1-4-17(27)26-16-10-14(9-13(3)24-16)19(28)23-11-15-7-6-8-18(25-15)29-12-20(21,22)5-2/h5-10H,2,4,11-12H2,1,3H3,(H,23,28)(H,24,26,27). The van der Waals surface area contributed by atoms with Gasteiger partial charge >= 0.3 is 0 Å². The Bertz CT molecular complexity index is 903. The van der Waals surface area contributed by atoms with E-state index in [2.05, 4.69) is 27.2 Å². The fourth-order valence-electron chi connectivity index (χ4n) is 2.23. The second kappa shape index (κ2) is 9.72. The molecule has 154 valence electrons. The molecule has 0 spiro atoms. The predicted octanol–water partition coefficient (Wildman–Crippen LogP) is 3.26. The van der Waals surface area contributed by atoms with Crippen LogP contribution in [0.1, 0.15) is 35.1 Å². The number of aromatic nitrogens is 2. The first-order valence-corrected chi connectivity index (χ1v) is 8.89. The van der Waals surface area contributed by atoms with E-state index >= 15 is 0 Å². The molecule has 2 rings (SSSR count). The Hall–Kier alpha value is -3.36. The molecular weight excluding hydrogens is 382 g/mol. The number of carbonyl (C=O) groups is 2. The number of amides is 2. The molecule has 2 N–H and O–H groups in total. The molecule has 0 fully saturated rings. The summed E-state index contributed by atoms with van der Waals surface area (Å²) in [4.78, 5) is 32.2. The summed E-state index contributed by atoms with van der Waals surface area (Å²) in [6.07, 6.45) is 0.797. The maximum absolute atomic E-state index is 13.2. The molecule has 2 amide bonds. The Kier molecular flexibility index (Phi) is 7.35. The van der Waals surface area contributed by atoms with Gasteiger partial charge in [-0.2, -0.15) is 8.78 Å². The summed E-state index contributed by atoms with van der Waals surface area (Å²) in [5.74, 6) is -3.46. The lowest BCUT2D eigenvalue weighted by Gasteiger charge is -2.13. The van der Waals surface area contributed by atoms with Crippen molar-refractivity contribution in [1.29, 1.82) is 0 Å². The van der Waals surface area contributed by atoms with Gasteiger partial charge in [0, 0.05) is 23.7 Å². The number of nitrogens with one attached hydrogen (secondary N) is 2. The lowest BCUT2D eigenvalue weighted by molar-refractivity contribution is -0.115. The number of halogens is 2. The van der Waals surface area contributed by atoms with Crippen LogP contribution in [-0.2, 0) is 11.3 Å². The second-order valence-corrected chi connectivity index (χ2v) is 6.19. The number of aryl methyl sites for hydroxylation is 1. The molecule has 2 aromatic heterocycles. The molecule has 0 saturated carbocycles. The fraction of sp³-hybridized carbons (Fsp3) is 0.300. The minimum Gasteiger partial charge on any atom is -0.471 e. The number of carbonyl (C=O) groups excluding carboxylic acids is 2. The highest BCUT2D eigenvalue weighted by Crippen LogP contribution is 2.17. The molecule has 7 nitrogen and oxygen atoms in total. The number of hydrogen-bond acceptors (Lipinski definition) is 5. The van der Waals surface area contributed by atoms with Gasteiger partial charge in [-0.3, -0.25) is 9.59 Å². The Balaban J connectivity index is 2.01. The average molecular weight is 404 g/mol. The number of anilines is 1. The zero-order valence-corrected chi connectivity index (χ0v) is 16.2. The van der Waals surface area contributed by atoms with Crippen LogP contribution >= 0.6 is 0 Å². The normalized spacial score (nSPS) is 10.9. The van der Waals surface area contributed by atoms with Gasteiger partial charge in [0.2, 0.25) is 11.8 Å². The molecule has 0 aliphatic rings. The molecular formula is C20H22F2N4O3. The molecule has 0 aliphatic heterocycles. The van der Waals surface area contributed by atoms with E-state index in [4.69, 9.17) is 4.74 Å². The number of hydrogen-bond donors (Lipinski definition) is 2. The van der Waals surface area contributed by atoms with Crippen LogP contribution in [0.25, 0.3) is 0 Å². The van der Waals surface area contributed by atoms with Crippen molar-refractivity contribution in [2.24, 2.45) is 0 Å². The second-order valence-electron chi connectivity index (χ2n) is 6.19. The van der Waals surface area contributed by atoms with Gasteiger partial charge in [-0.15, -0.1) is 0 Å². The Morgan fingerprint density at radius 2 is 2.03 bits per heavy atom. The first-order valence-electron chi connectivity index (χ1n) is 8.89. The van der Waals surface area contributed by atoms with Crippen LogP contribution in [0.3, 0.4) is 0 Å². The quantitative estimate of drug-likeness (QED) is 0.626. The molecule has 9 heteroatoms. The third-order valence-corrected chi connectivity index (χ3v) is 3.73. The molecule has 2 aromatic rings. The van der Waals surface area contributed by atoms with E-state index < -0.39 is 18.4 Å². The maximum atomic E-state index is 13.2. The van der Waals surface area contributed by atoms with Crippen LogP contribution in [-0.4, -0.2) is 34.3 Å². The van der Waals surface area contributed by atoms with Crippen LogP contribution in [0.5, 0.6) is 5.88 Å². The molecule has 29 heavy (non-hydrogen) atoms. The summed E-state index contributed by atoms with van der Waals surface area (Å²) < 4.78 is 31.4. The summed E-state index contributed by atoms with van der Waals surface area (Å²) in [5, 5.41) is 5.30. The minimum atomic E-state index is -3.16. The van der Waals surface area contributed by atoms with Crippen molar-refractivity contribution in [3.63, 3.8) is 0 Å². The zero-order chi connectivity index (χ0) is 21.4. The molecule has 0 aliphatic carbocycles. The van der Waals surface area contributed by atoms with E-state index in [0.717, 1.165) is 0 Å². The number of nitrogens with zero attached hydrogens (tertiary/aromatic N) is 2. The lowest BCUT2D eigenvalue weighted by Crippen LogP contribution is -2.25. The molecule has 0 bridgehead atoms. The van der Waals surface area contributed by atoms with E-state index in [9.17, 15) is 18.4 Å². The van der Waals surface area contributed by atoms with Gasteiger partial charge in [0.15, 0.2) is 6.61 Å². The highest BCUT2D eigenvalue weighted by molar-refractivity contribution is 5.96. The lowest BCUT2D eigenvalue weighted by atomic mass is 10.2. The van der Waals surface area contributed by atoms with Crippen molar-refractivity contribution in [2.45, 2.75) is 32.7 Å². The van der Waals surface area contributed by atoms with Crippen molar-refractivity contribution in [1.82, 2.24) is 15.3 Å². The molecule has 0 saturated heterocycles. The number of alkyl halides is 2. The minimum absolute atomic E-state index is 0.0163. The molecule has 0 atom stereocenters. The van der Waals surface area contributed by atoms with Crippen LogP contribution < -0.4 is 15.4 Å². The summed E-state index contributed by atoms with van der Waals surface area (Å²) in [7, 11) is 0. The van der Waals surface area contributed by atoms with Crippen LogP contribution in [0.4, 0.5) is 14.6 Å². The van der Waals surface area contributed by atoms with Gasteiger partial charge in [-0.1, -0.05) is 19.6 Å². The largest absolute Gasteiger partial charge is 0.471 e. The monoisotopic (exact) mass is 404 g/mol. The van der Waals surface area contributed by atoms with Gasteiger partial charge in [0.05, 0.1) is 12.2 Å². The van der Waals surface area contributed by atoms with Gasteiger partial charge in [-0.05, 0) is 31.2 Å². The third-order valence-electron chi connectivity index (χ3n) is 3.73. The van der Waals surface area contributed by atoms with Gasteiger partial charge in [0.1, 0.15) is 5.82 Å². The Morgan fingerprint density at radius 1 is 1.28 bits per heavy atom. The SMILES string of the molecule is C=CC(F)(F)COc1cccc(CNC(=O)c2cc(C)nc(NC(=O)CC)c2)n1. The van der Waals surface area contributed by atoms with Crippen molar-refractivity contribution < 1.29 is 23.1 Å². The van der Waals surface area contributed by atoms with Crippen molar-refractivity contribution in [2.75, 3.05) is 11.9 Å². The van der Waals surface area contributed by atoms with Gasteiger partial charge < -0.3 is 15.4 Å². The number of ether oxygens (including phenoxy) is 1. The van der Waals surface area contributed by atoms with Crippen molar-refractivity contribution in [3.8, 4) is 5.88 Å². The zero-order valence-electron chi connectivity index (χ0n) is 16.2. The highest BCUT2D eigenvalue weighted by Gasteiger charge is 2.25. The average Bonchev–Trinajstić information content (AvgIpc) is 2.70. The van der Waals surface area contributed by atoms with Crippen LogP contribution in [0, 0.1) is 6.92 Å². The molecule has 0 unspecified atom stereocenters. The van der Waals surface area contributed by atoms with E-state index in [1.165, 1.54) is 12.1 Å². The molecule has 0 radical (unpaired) electrons. The summed E-state index contributed by atoms with van der Waals surface area (Å²) in [6.45, 7) is 5.65. The van der Waals surface area contributed by atoms with Gasteiger partial charge in [-0.25, -0.2) is 9.97 Å². The smallest absolute Gasteiger partial charge is 0.299 e. The molecule has 0 aromatic carbocycles. The van der Waals surface area contributed by atoms with Crippen LogP contribution in [0.2, 0.25) is 0 Å². The van der Waals surface area contributed by atoms with Crippen LogP contribution in [0.15, 0.2) is 43.0 Å². The molecule has 2 heterocycles. The summed E-state index contributed by atoms with van der Waals surface area (Å²) in [6, 6.07) is 7.72. The van der Waals surface area contributed by atoms with Crippen molar-refractivity contribution >= 4 is 17.6 Å². The van der Waals surface area contributed by atoms with E-state index in [-0.39, 0.29) is 18.3 Å². The predicted molar refractivity (Wildman–Crippen MR) is 104 cm³/mol. The Morgan fingerprint density at radius 3 is 2.72 bits per heavy atom. The van der Waals surface area contributed by atoms with Crippen molar-refractivity contribution in [3.05, 3.63) is 59.9 Å². The van der Waals surface area contributed by atoms with Gasteiger partial charge in [0.25, 0.3) is 11.8 Å². The summed E-state index contributed by atoms with van der Waals surface area (Å²) >= 11 is 0. The first kappa shape index (κ1) is 21.9. The third kappa shape index (κ3) is 6.95. The van der Waals surface area contributed by atoms with E-state index in [0.29, 0.717) is 35.3 Å². The maximum Gasteiger partial charge on any atom is 0.299 e. The topological polar surface area (TPSA) is 93.2 Å². The highest BCUT2D eigenvalue weighted by atomic mass is 19.3. The Labute approximate surface area is 167 Å². The number of pyridine rings is 2. The summed E-state index contributed by atoms with van der Waals surface area (Å²) in [5.41, 5.74) is 1.32.